The summed E-state index contributed by atoms with van der Waals surface area (Å²) >= 11 is 0. The number of hydrogen-bond acceptors (Lipinski definition) is 4. The molecule has 84 valence electrons. The van der Waals surface area contributed by atoms with E-state index in [0.717, 1.165) is 32.8 Å². The van der Waals surface area contributed by atoms with Crippen molar-refractivity contribution in [2.24, 2.45) is 0 Å². The third kappa shape index (κ3) is 5.54. The molecule has 1 heterocycles. The van der Waals surface area contributed by atoms with Crippen molar-refractivity contribution in [3.63, 3.8) is 0 Å². The highest BCUT2D eigenvalue weighted by Crippen LogP contribution is 1.93. The van der Waals surface area contributed by atoms with E-state index < -0.39 is 0 Å². The number of piperazine rings is 1. The monoisotopic (exact) mass is 201 g/mol. The molecule has 0 atom stereocenters. The Bertz CT molecular complexity index is 127. The number of nitrogens with one attached hydrogen (secondary N) is 2. The van der Waals surface area contributed by atoms with Gasteiger partial charge in [0, 0.05) is 39.8 Å². The molecular formula is C10H23N3O. The van der Waals surface area contributed by atoms with E-state index >= 15 is 0 Å². The lowest BCUT2D eigenvalue weighted by Gasteiger charge is -2.27. The lowest BCUT2D eigenvalue weighted by molar-refractivity contribution is 0.197. The molecule has 1 aliphatic heterocycles. The summed E-state index contributed by atoms with van der Waals surface area (Å²) in [5.74, 6) is 0. The van der Waals surface area contributed by atoms with Crippen LogP contribution in [0, 0.1) is 0 Å². The first kappa shape index (κ1) is 11.9. The van der Waals surface area contributed by atoms with Gasteiger partial charge < -0.3 is 20.3 Å². The summed E-state index contributed by atoms with van der Waals surface area (Å²) in [6.45, 7) is 8.82. The molecule has 0 aromatic rings. The first-order chi connectivity index (χ1) is 6.93. The van der Waals surface area contributed by atoms with Gasteiger partial charge in [0.25, 0.3) is 0 Å². The van der Waals surface area contributed by atoms with Crippen LogP contribution in [-0.2, 0) is 4.74 Å². The molecule has 0 radical (unpaired) electrons. The van der Waals surface area contributed by atoms with Gasteiger partial charge in [-0.05, 0) is 19.5 Å². The summed E-state index contributed by atoms with van der Waals surface area (Å²) in [6, 6.07) is 0. The summed E-state index contributed by atoms with van der Waals surface area (Å²) in [4.78, 5) is 2.52. The van der Waals surface area contributed by atoms with Crippen LogP contribution in [0.4, 0.5) is 0 Å². The summed E-state index contributed by atoms with van der Waals surface area (Å²) in [5, 5.41) is 6.72. The van der Waals surface area contributed by atoms with Crippen molar-refractivity contribution < 1.29 is 4.74 Å². The second kappa shape index (κ2) is 8.17. The van der Waals surface area contributed by atoms with Gasteiger partial charge in [0.2, 0.25) is 0 Å². The predicted molar refractivity (Wildman–Crippen MR) is 58.7 cm³/mol. The van der Waals surface area contributed by atoms with Gasteiger partial charge in [-0.1, -0.05) is 0 Å². The second-order valence-corrected chi connectivity index (χ2v) is 3.69. The molecule has 1 rings (SSSR count). The highest BCUT2D eigenvalue weighted by molar-refractivity contribution is 4.67. The zero-order valence-electron chi connectivity index (χ0n) is 9.22. The third-order valence-electron chi connectivity index (χ3n) is 2.52. The molecule has 0 aliphatic carbocycles. The summed E-state index contributed by atoms with van der Waals surface area (Å²) < 4.78 is 4.96. The van der Waals surface area contributed by atoms with Crippen molar-refractivity contribution in [2.75, 3.05) is 59.5 Å². The first-order valence-electron chi connectivity index (χ1n) is 5.56. The molecule has 0 unspecified atom stereocenters. The van der Waals surface area contributed by atoms with Crippen molar-refractivity contribution in [1.29, 1.82) is 0 Å². The Balaban J connectivity index is 1.82. The molecule has 1 fully saturated rings. The van der Waals surface area contributed by atoms with Crippen LogP contribution in [0.25, 0.3) is 0 Å². The van der Waals surface area contributed by atoms with Crippen molar-refractivity contribution in [1.82, 2.24) is 15.5 Å². The molecule has 0 saturated carbocycles. The Kier molecular flexibility index (Phi) is 6.95. The number of methoxy groups -OCH3 is 1. The Morgan fingerprint density at radius 2 is 2.07 bits per heavy atom. The van der Waals surface area contributed by atoms with Crippen molar-refractivity contribution in [2.45, 2.75) is 6.42 Å². The summed E-state index contributed by atoms with van der Waals surface area (Å²) in [6.07, 6.45) is 1.24. The van der Waals surface area contributed by atoms with E-state index in [9.17, 15) is 0 Å². The van der Waals surface area contributed by atoms with E-state index in [4.69, 9.17) is 4.74 Å². The SMILES string of the molecule is COCCNCCCN1CCNCC1. The lowest BCUT2D eigenvalue weighted by atomic mass is 10.3. The van der Waals surface area contributed by atoms with Gasteiger partial charge in [-0.2, -0.15) is 0 Å². The molecular weight excluding hydrogens is 178 g/mol. The van der Waals surface area contributed by atoms with E-state index in [1.165, 1.54) is 26.1 Å². The number of nitrogens with zero attached hydrogens (tertiary/aromatic N) is 1. The predicted octanol–water partition coefficient (Wildman–Crippen LogP) is -0.482. The van der Waals surface area contributed by atoms with E-state index in [2.05, 4.69) is 15.5 Å². The van der Waals surface area contributed by atoms with Crippen LogP contribution in [-0.4, -0.2) is 64.4 Å². The average molecular weight is 201 g/mol. The van der Waals surface area contributed by atoms with Gasteiger partial charge >= 0.3 is 0 Å². The molecule has 0 aromatic heterocycles. The zero-order chi connectivity index (χ0) is 10.1. The van der Waals surface area contributed by atoms with Crippen LogP contribution in [0.2, 0.25) is 0 Å². The van der Waals surface area contributed by atoms with Crippen LogP contribution in [0.5, 0.6) is 0 Å². The molecule has 0 bridgehead atoms. The van der Waals surface area contributed by atoms with Crippen LogP contribution < -0.4 is 10.6 Å². The molecule has 0 aromatic carbocycles. The Morgan fingerprint density at radius 1 is 1.29 bits per heavy atom. The number of ether oxygens (including phenoxy) is 1. The fraction of sp³-hybridized carbons (Fsp3) is 1.00. The van der Waals surface area contributed by atoms with Crippen LogP contribution in [0.3, 0.4) is 0 Å². The van der Waals surface area contributed by atoms with Crippen LogP contribution in [0.15, 0.2) is 0 Å². The Labute approximate surface area is 87.0 Å². The molecule has 14 heavy (non-hydrogen) atoms. The van der Waals surface area contributed by atoms with E-state index in [1.807, 2.05) is 0 Å². The molecule has 4 heteroatoms. The molecule has 0 amide bonds. The van der Waals surface area contributed by atoms with Gasteiger partial charge in [-0.3, -0.25) is 0 Å². The van der Waals surface area contributed by atoms with Gasteiger partial charge in [0.15, 0.2) is 0 Å². The molecule has 1 saturated heterocycles. The first-order valence-corrected chi connectivity index (χ1v) is 5.56. The van der Waals surface area contributed by atoms with Gasteiger partial charge in [-0.25, -0.2) is 0 Å². The highest BCUT2D eigenvalue weighted by atomic mass is 16.5. The fourth-order valence-corrected chi connectivity index (χ4v) is 1.66. The van der Waals surface area contributed by atoms with Crippen molar-refractivity contribution in [3.8, 4) is 0 Å². The van der Waals surface area contributed by atoms with Crippen LogP contribution >= 0.6 is 0 Å². The summed E-state index contributed by atoms with van der Waals surface area (Å²) in [7, 11) is 1.74. The maximum Gasteiger partial charge on any atom is 0.0587 e. The van der Waals surface area contributed by atoms with Gasteiger partial charge in [-0.15, -0.1) is 0 Å². The highest BCUT2D eigenvalue weighted by Gasteiger charge is 2.07. The van der Waals surface area contributed by atoms with E-state index in [-0.39, 0.29) is 0 Å². The maximum atomic E-state index is 4.96. The molecule has 0 spiro atoms. The minimum atomic E-state index is 0.813. The Morgan fingerprint density at radius 3 is 2.79 bits per heavy atom. The minimum absolute atomic E-state index is 0.813. The smallest absolute Gasteiger partial charge is 0.0587 e. The number of rotatable bonds is 7. The summed E-state index contributed by atoms with van der Waals surface area (Å²) in [5.41, 5.74) is 0. The van der Waals surface area contributed by atoms with Crippen LogP contribution in [0.1, 0.15) is 6.42 Å². The standard InChI is InChI=1S/C10H23N3O/c1-14-10-6-11-3-2-7-13-8-4-12-5-9-13/h11-12H,2-10H2,1H3. The van der Waals surface area contributed by atoms with E-state index in [0.29, 0.717) is 0 Å². The maximum absolute atomic E-state index is 4.96. The third-order valence-corrected chi connectivity index (χ3v) is 2.52. The normalized spacial score (nSPS) is 18.6. The molecule has 2 N–H and O–H groups in total. The van der Waals surface area contributed by atoms with Crippen molar-refractivity contribution in [3.05, 3.63) is 0 Å². The second-order valence-electron chi connectivity index (χ2n) is 3.69. The lowest BCUT2D eigenvalue weighted by Crippen LogP contribution is -2.44. The molecule has 1 aliphatic rings. The topological polar surface area (TPSA) is 36.5 Å². The van der Waals surface area contributed by atoms with E-state index in [1.54, 1.807) is 7.11 Å². The fourth-order valence-electron chi connectivity index (χ4n) is 1.66. The largest absolute Gasteiger partial charge is 0.383 e. The Hall–Kier alpha value is -0.160. The number of hydrogen-bond donors (Lipinski definition) is 2. The van der Waals surface area contributed by atoms with Gasteiger partial charge in [0.05, 0.1) is 6.61 Å². The van der Waals surface area contributed by atoms with Gasteiger partial charge in [0.1, 0.15) is 0 Å². The van der Waals surface area contributed by atoms with Crippen molar-refractivity contribution >= 4 is 0 Å². The average Bonchev–Trinajstić information content (AvgIpc) is 2.25. The minimum Gasteiger partial charge on any atom is -0.383 e. The quantitative estimate of drug-likeness (QED) is 0.545. The molecule has 4 nitrogen and oxygen atoms in total. The zero-order valence-corrected chi connectivity index (χ0v) is 9.22.